The Kier molecular flexibility index (Phi) is 6.09. The van der Waals surface area contributed by atoms with Crippen molar-refractivity contribution in [2.45, 2.75) is 48.7 Å². The third-order valence-corrected chi connectivity index (χ3v) is 6.68. The van der Waals surface area contributed by atoms with Gasteiger partial charge in [-0.3, -0.25) is 0 Å². The van der Waals surface area contributed by atoms with Crippen LogP contribution in [0.3, 0.4) is 0 Å². The molecule has 4 rings (SSSR count). The van der Waals surface area contributed by atoms with Crippen LogP contribution < -0.4 is 9.46 Å². The van der Waals surface area contributed by atoms with Crippen molar-refractivity contribution >= 4 is 35.2 Å². The Hall–Kier alpha value is -2.40. The second-order valence-corrected chi connectivity index (χ2v) is 8.74. The average Bonchev–Trinajstić information content (AvgIpc) is 3.55. The molecule has 6 nitrogen and oxygen atoms in total. The van der Waals surface area contributed by atoms with E-state index in [1.54, 1.807) is 31.4 Å². The van der Waals surface area contributed by atoms with Gasteiger partial charge in [0.1, 0.15) is 17.9 Å². The number of hydrogen-bond acceptors (Lipinski definition) is 6. The summed E-state index contributed by atoms with van der Waals surface area (Å²) in [7, 11) is 1.66. The molecule has 0 saturated heterocycles. The van der Waals surface area contributed by atoms with Crippen molar-refractivity contribution in [2.24, 2.45) is 0 Å². The molecule has 156 valence electrons. The molecule has 0 amide bonds. The number of methoxy groups -OCH3 is 1. The number of nitrogens with one attached hydrogen (secondary N) is 1. The zero-order valence-corrected chi connectivity index (χ0v) is 17.9. The molecule has 2 aromatic carbocycles. The first-order valence-corrected chi connectivity index (χ1v) is 10.9. The van der Waals surface area contributed by atoms with E-state index in [1.807, 2.05) is 6.07 Å². The summed E-state index contributed by atoms with van der Waals surface area (Å²) in [6.07, 6.45) is 4.00. The highest BCUT2D eigenvalue weighted by Gasteiger charge is 2.33. The molecule has 2 aliphatic carbocycles. The second-order valence-electron chi connectivity index (χ2n) is 7.48. The molecular weight excluding hydrogens is 424 g/mol. The van der Waals surface area contributed by atoms with E-state index in [4.69, 9.17) is 21.1 Å². The maximum atomic E-state index is 11.4. The van der Waals surface area contributed by atoms with Crippen LogP contribution in [0.4, 0.5) is 5.69 Å². The minimum atomic E-state index is -0.961. The summed E-state index contributed by atoms with van der Waals surface area (Å²) in [5.74, 6) is 0.0443. The number of rotatable bonds is 8. The molecule has 0 radical (unpaired) electrons. The van der Waals surface area contributed by atoms with Crippen LogP contribution in [-0.2, 0) is 4.74 Å². The maximum absolute atomic E-state index is 11.4. The fraction of sp³-hybridized carbons (Fsp3) is 0.364. The van der Waals surface area contributed by atoms with E-state index in [0.717, 1.165) is 36.1 Å². The number of carbonyl (C=O) groups is 1. The van der Waals surface area contributed by atoms with Crippen LogP contribution >= 0.6 is 23.5 Å². The first kappa shape index (κ1) is 20.9. The molecule has 0 aromatic heterocycles. The van der Waals surface area contributed by atoms with E-state index in [2.05, 4.69) is 10.8 Å². The minimum absolute atomic E-state index is 0.0358. The molecule has 2 atom stereocenters. The molecule has 30 heavy (non-hydrogen) atoms. The lowest BCUT2D eigenvalue weighted by Crippen LogP contribution is -2.42. The zero-order chi connectivity index (χ0) is 21.3. The first-order valence-electron chi connectivity index (χ1n) is 9.73. The average molecular weight is 445 g/mol. The monoisotopic (exact) mass is 444 g/mol. The highest BCUT2D eigenvalue weighted by Crippen LogP contribution is 2.45. The number of nitrogens with zero attached hydrogens (tertiary/aromatic N) is 1. The summed E-state index contributed by atoms with van der Waals surface area (Å²) in [5.41, 5.74) is 2.33. The number of hydrogen-bond donors (Lipinski definition) is 2. The van der Waals surface area contributed by atoms with Crippen molar-refractivity contribution in [1.82, 2.24) is 0 Å². The molecule has 2 aromatic rings. The van der Waals surface area contributed by atoms with E-state index in [0.29, 0.717) is 27.9 Å². The minimum Gasteiger partial charge on any atom is -0.485 e. The van der Waals surface area contributed by atoms with Gasteiger partial charge in [-0.25, -0.2) is 4.79 Å². The van der Waals surface area contributed by atoms with Gasteiger partial charge in [-0.2, -0.15) is 5.26 Å². The molecule has 2 aliphatic rings. The number of benzene rings is 2. The van der Waals surface area contributed by atoms with Crippen LogP contribution in [0.25, 0.3) is 0 Å². The van der Waals surface area contributed by atoms with Crippen molar-refractivity contribution in [2.75, 3.05) is 11.8 Å². The van der Waals surface area contributed by atoms with Crippen molar-refractivity contribution in [1.29, 1.82) is 5.26 Å². The Morgan fingerprint density at radius 2 is 2.00 bits per heavy atom. The lowest BCUT2D eigenvalue weighted by Gasteiger charge is -2.35. The van der Waals surface area contributed by atoms with Gasteiger partial charge in [-0.15, -0.1) is 0 Å². The Labute approximate surface area is 184 Å². The Morgan fingerprint density at radius 1 is 1.23 bits per heavy atom. The van der Waals surface area contributed by atoms with Crippen molar-refractivity contribution in [3.8, 4) is 11.8 Å². The number of aromatic carboxylic acids is 1. The molecule has 0 heterocycles. The largest absolute Gasteiger partial charge is 0.485 e. The van der Waals surface area contributed by atoms with Crippen LogP contribution in [0.1, 0.15) is 53.1 Å². The molecule has 8 heteroatoms. The lowest BCUT2D eigenvalue weighted by molar-refractivity contribution is -0.0622. The van der Waals surface area contributed by atoms with Crippen LogP contribution in [-0.4, -0.2) is 30.4 Å². The van der Waals surface area contributed by atoms with Crippen LogP contribution in [0.5, 0.6) is 5.75 Å². The van der Waals surface area contributed by atoms with E-state index < -0.39 is 5.97 Å². The van der Waals surface area contributed by atoms with Gasteiger partial charge in [0.05, 0.1) is 27.9 Å². The van der Waals surface area contributed by atoms with Gasteiger partial charge in [0.25, 0.3) is 0 Å². The van der Waals surface area contributed by atoms with Crippen molar-refractivity contribution in [3.05, 3.63) is 52.0 Å². The first-order chi connectivity index (χ1) is 14.5. The maximum Gasteiger partial charge on any atom is 0.335 e. The molecule has 0 bridgehead atoms. The molecule has 2 N–H and O–H groups in total. The number of carboxylic acid groups (broad SMARTS) is 1. The number of nitriles is 1. The van der Waals surface area contributed by atoms with Gasteiger partial charge in [-0.1, -0.05) is 17.7 Å². The summed E-state index contributed by atoms with van der Waals surface area (Å²) in [4.78, 5) is 12.3. The van der Waals surface area contributed by atoms with Crippen molar-refractivity contribution < 1.29 is 19.4 Å². The van der Waals surface area contributed by atoms with Gasteiger partial charge in [0.2, 0.25) is 0 Å². The summed E-state index contributed by atoms with van der Waals surface area (Å²) >= 11 is 7.55. The fourth-order valence-corrected chi connectivity index (χ4v) is 4.54. The second kappa shape index (κ2) is 8.76. The molecular formula is C22H21ClN2O4S. The van der Waals surface area contributed by atoms with Gasteiger partial charge < -0.3 is 19.3 Å². The predicted octanol–water partition coefficient (Wildman–Crippen LogP) is 5.46. The Morgan fingerprint density at radius 3 is 2.60 bits per heavy atom. The summed E-state index contributed by atoms with van der Waals surface area (Å²) < 4.78 is 14.8. The lowest BCUT2D eigenvalue weighted by atomic mass is 9.92. The SMILES string of the molecule is COC1CCC1Oc1cc(Cl)c(C#N)cc1NSc1cc(C(=O)O)ccc1C1CC1. The number of halogens is 1. The number of ether oxygens (including phenoxy) is 2. The zero-order valence-electron chi connectivity index (χ0n) is 16.4. The van der Waals surface area contributed by atoms with E-state index in [-0.39, 0.29) is 17.8 Å². The van der Waals surface area contributed by atoms with E-state index >= 15 is 0 Å². The van der Waals surface area contributed by atoms with Gasteiger partial charge in [-0.05, 0) is 67.3 Å². The summed E-state index contributed by atoms with van der Waals surface area (Å²) in [6.45, 7) is 0. The smallest absolute Gasteiger partial charge is 0.335 e. The topological polar surface area (TPSA) is 91.6 Å². The molecule has 2 unspecified atom stereocenters. The molecule has 0 spiro atoms. The fourth-order valence-electron chi connectivity index (χ4n) is 3.42. The number of carboxylic acids is 1. The van der Waals surface area contributed by atoms with Gasteiger partial charge in [0.15, 0.2) is 0 Å². The van der Waals surface area contributed by atoms with Crippen LogP contribution in [0.2, 0.25) is 5.02 Å². The van der Waals surface area contributed by atoms with Gasteiger partial charge >= 0.3 is 5.97 Å². The van der Waals surface area contributed by atoms with E-state index in [9.17, 15) is 15.2 Å². The summed E-state index contributed by atoms with van der Waals surface area (Å²) in [6, 6.07) is 10.6. The Bertz CT molecular complexity index is 1020. The third kappa shape index (κ3) is 4.36. The number of anilines is 1. The molecule has 2 fully saturated rings. The summed E-state index contributed by atoms with van der Waals surface area (Å²) in [5, 5.41) is 19.0. The standard InChI is InChI=1S/C22H21ClN2O4S/c1-28-18-6-7-19(18)29-20-10-16(23)14(11-24)8-17(20)25-30-21-9-13(22(26)27)4-5-15(21)12-2-3-12/h4-5,8-10,12,18-19,25H,2-3,6-7H2,1H3,(H,26,27). The third-order valence-electron chi connectivity index (χ3n) is 5.47. The van der Waals surface area contributed by atoms with Gasteiger partial charge in [0, 0.05) is 18.1 Å². The van der Waals surface area contributed by atoms with E-state index in [1.165, 1.54) is 11.9 Å². The highest BCUT2D eigenvalue weighted by molar-refractivity contribution is 8.00. The quantitative estimate of drug-likeness (QED) is 0.522. The molecule has 0 aliphatic heterocycles. The molecule has 2 saturated carbocycles. The van der Waals surface area contributed by atoms with Crippen LogP contribution in [0, 0.1) is 11.3 Å². The Balaban J connectivity index is 1.60. The normalized spacial score (nSPS) is 20.2. The predicted molar refractivity (Wildman–Crippen MR) is 115 cm³/mol. The van der Waals surface area contributed by atoms with Crippen molar-refractivity contribution in [3.63, 3.8) is 0 Å². The van der Waals surface area contributed by atoms with Crippen LogP contribution in [0.15, 0.2) is 35.2 Å². The highest BCUT2D eigenvalue weighted by atomic mass is 35.5.